The van der Waals surface area contributed by atoms with Crippen LogP contribution in [0.25, 0.3) is 0 Å². The Morgan fingerprint density at radius 3 is 2.31 bits per heavy atom. The first-order valence-electron chi connectivity index (χ1n) is 9.93. The van der Waals surface area contributed by atoms with Gasteiger partial charge in [0.25, 0.3) is 5.91 Å². The van der Waals surface area contributed by atoms with E-state index in [-0.39, 0.29) is 18.4 Å². The number of methoxy groups -OCH3 is 1. The molecular weight excluding hydrogens is 368 g/mol. The molecule has 0 unspecified atom stereocenters. The van der Waals surface area contributed by atoms with E-state index < -0.39 is 6.04 Å². The highest BCUT2D eigenvalue weighted by Gasteiger charge is 2.26. The van der Waals surface area contributed by atoms with E-state index in [1.807, 2.05) is 30.3 Å². The van der Waals surface area contributed by atoms with E-state index >= 15 is 0 Å². The molecule has 2 aromatic carbocycles. The molecule has 0 saturated heterocycles. The lowest BCUT2D eigenvalue weighted by molar-refractivity contribution is -0.142. The number of ether oxygens (including phenoxy) is 2. The smallest absolute Gasteiger partial charge is 0.261 e. The van der Waals surface area contributed by atoms with Crippen LogP contribution in [0.3, 0.4) is 0 Å². The van der Waals surface area contributed by atoms with E-state index in [4.69, 9.17) is 9.47 Å². The highest BCUT2D eigenvalue weighted by molar-refractivity contribution is 5.87. The van der Waals surface area contributed by atoms with Gasteiger partial charge in [-0.15, -0.1) is 0 Å². The number of unbranched alkanes of at least 4 members (excludes halogenated alkanes) is 1. The summed E-state index contributed by atoms with van der Waals surface area (Å²) in [7, 11) is 1.59. The van der Waals surface area contributed by atoms with Gasteiger partial charge in [0, 0.05) is 13.1 Å². The summed E-state index contributed by atoms with van der Waals surface area (Å²) in [6, 6.07) is 16.1. The van der Waals surface area contributed by atoms with Crippen LogP contribution in [0.5, 0.6) is 11.5 Å². The Bertz CT molecular complexity index is 762. The number of rotatable bonds is 11. The van der Waals surface area contributed by atoms with Crippen molar-refractivity contribution in [2.24, 2.45) is 0 Å². The minimum absolute atomic E-state index is 0.147. The fraction of sp³-hybridized carbons (Fsp3) is 0.391. The Morgan fingerprint density at radius 1 is 1.03 bits per heavy atom. The molecule has 6 nitrogen and oxygen atoms in total. The molecule has 0 aromatic heterocycles. The summed E-state index contributed by atoms with van der Waals surface area (Å²) in [6.07, 6.45) is 1.91. The van der Waals surface area contributed by atoms with Crippen molar-refractivity contribution in [1.29, 1.82) is 0 Å². The molecular formula is C23H30N2O4. The van der Waals surface area contributed by atoms with E-state index in [1.165, 1.54) is 0 Å². The molecule has 0 saturated carbocycles. The number of benzene rings is 2. The SMILES string of the molecule is CCCCNC(=O)[C@H](C)N(Cc1ccccc1)C(=O)COc1ccc(OC)cc1. The maximum Gasteiger partial charge on any atom is 0.261 e. The zero-order valence-corrected chi connectivity index (χ0v) is 17.4. The predicted molar refractivity (Wildman–Crippen MR) is 113 cm³/mol. The third-order valence-corrected chi connectivity index (χ3v) is 4.61. The predicted octanol–water partition coefficient (Wildman–Crippen LogP) is 3.41. The van der Waals surface area contributed by atoms with Crippen molar-refractivity contribution in [3.05, 3.63) is 60.2 Å². The Hall–Kier alpha value is -3.02. The van der Waals surface area contributed by atoms with E-state index in [0.717, 1.165) is 18.4 Å². The van der Waals surface area contributed by atoms with Gasteiger partial charge in [-0.1, -0.05) is 43.7 Å². The first kappa shape index (κ1) is 22.3. The van der Waals surface area contributed by atoms with Crippen LogP contribution < -0.4 is 14.8 Å². The largest absolute Gasteiger partial charge is 0.497 e. The van der Waals surface area contributed by atoms with Gasteiger partial charge in [-0.3, -0.25) is 9.59 Å². The maximum absolute atomic E-state index is 12.9. The molecule has 0 heterocycles. The third-order valence-electron chi connectivity index (χ3n) is 4.61. The molecule has 29 heavy (non-hydrogen) atoms. The molecule has 0 aliphatic carbocycles. The molecule has 1 atom stereocenters. The van der Waals surface area contributed by atoms with Crippen LogP contribution in [0.4, 0.5) is 0 Å². The highest BCUT2D eigenvalue weighted by atomic mass is 16.5. The maximum atomic E-state index is 12.9. The Labute approximate surface area is 172 Å². The van der Waals surface area contributed by atoms with Gasteiger partial charge in [0.15, 0.2) is 6.61 Å². The number of nitrogens with zero attached hydrogens (tertiary/aromatic N) is 1. The number of hydrogen-bond acceptors (Lipinski definition) is 4. The first-order valence-corrected chi connectivity index (χ1v) is 9.93. The van der Waals surface area contributed by atoms with Crippen LogP contribution in [0.1, 0.15) is 32.3 Å². The topological polar surface area (TPSA) is 67.9 Å². The summed E-state index contributed by atoms with van der Waals surface area (Å²) >= 11 is 0. The minimum Gasteiger partial charge on any atom is -0.497 e. The second-order valence-corrected chi connectivity index (χ2v) is 6.79. The van der Waals surface area contributed by atoms with Gasteiger partial charge in [0.1, 0.15) is 17.5 Å². The van der Waals surface area contributed by atoms with Crippen LogP contribution in [-0.4, -0.2) is 43.0 Å². The summed E-state index contributed by atoms with van der Waals surface area (Å²) in [5, 5.41) is 2.90. The lowest BCUT2D eigenvalue weighted by Crippen LogP contribution is -2.49. The lowest BCUT2D eigenvalue weighted by Gasteiger charge is -2.28. The standard InChI is InChI=1S/C23H30N2O4/c1-4-5-15-24-23(27)18(2)25(16-19-9-7-6-8-10-19)22(26)17-29-21-13-11-20(28-3)12-14-21/h6-14,18H,4-5,15-17H2,1-3H3,(H,24,27)/t18-/m0/s1. The molecule has 156 valence electrons. The van der Waals surface area contributed by atoms with Crippen molar-refractivity contribution in [1.82, 2.24) is 10.2 Å². The second-order valence-electron chi connectivity index (χ2n) is 6.79. The van der Waals surface area contributed by atoms with Crippen LogP contribution >= 0.6 is 0 Å². The zero-order valence-electron chi connectivity index (χ0n) is 17.4. The van der Waals surface area contributed by atoms with E-state index in [0.29, 0.717) is 24.6 Å². The molecule has 1 N–H and O–H groups in total. The molecule has 2 aromatic rings. The normalized spacial score (nSPS) is 11.4. The molecule has 0 radical (unpaired) electrons. The molecule has 0 aliphatic rings. The van der Waals surface area contributed by atoms with E-state index in [9.17, 15) is 9.59 Å². The zero-order chi connectivity index (χ0) is 21.1. The van der Waals surface area contributed by atoms with E-state index in [2.05, 4.69) is 12.2 Å². The second kappa shape index (κ2) is 11.7. The van der Waals surface area contributed by atoms with Crippen molar-refractivity contribution in [3.8, 4) is 11.5 Å². The molecule has 2 amide bonds. The third kappa shape index (κ3) is 7.14. The monoisotopic (exact) mass is 398 g/mol. The van der Waals surface area contributed by atoms with Gasteiger partial charge in [-0.05, 0) is 43.2 Å². The minimum atomic E-state index is -0.598. The summed E-state index contributed by atoms with van der Waals surface area (Å²) in [4.78, 5) is 27.0. The molecule has 6 heteroatoms. The van der Waals surface area contributed by atoms with Gasteiger partial charge < -0.3 is 19.7 Å². The molecule has 0 spiro atoms. The van der Waals surface area contributed by atoms with Crippen molar-refractivity contribution in [2.75, 3.05) is 20.3 Å². The number of amides is 2. The average Bonchev–Trinajstić information content (AvgIpc) is 2.76. The van der Waals surface area contributed by atoms with Gasteiger partial charge in [-0.2, -0.15) is 0 Å². The fourth-order valence-electron chi connectivity index (χ4n) is 2.80. The van der Waals surface area contributed by atoms with Crippen LogP contribution in [-0.2, 0) is 16.1 Å². The van der Waals surface area contributed by atoms with Crippen molar-refractivity contribution in [2.45, 2.75) is 39.3 Å². The Morgan fingerprint density at radius 2 is 1.69 bits per heavy atom. The van der Waals surface area contributed by atoms with Crippen LogP contribution in [0, 0.1) is 0 Å². The number of carbonyl (C=O) groups is 2. The number of carbonyl (C=O) groups excluding carboxylic acids is 2. The van der Waals surface area contributed by atoms with Crippen molar-refractivity contribution >= 4 is 11.8 Å². The van der Waals surface area contributed by atoms with Crippen molar-refractivity contribution in [3.63, 3.8) is 0 Å². The quantitative estimate of drug-likeness (QED) is 0.589. The molecule has 0 aliphatic heterocycles. The average molecular weight is 399 g/mol. The summed E-state index contributed by atoms with van der Waals surface area (Å²) < 4.78 is 10.8. The summed E-state index contributed by atoms with van der Waals surface area (Å²) in [6.45, 7) is 4.61. The van der Waals surface area contributed by atoms with Crippen LogP contribution in [0.15, 0.2) is 54.6 Å². The number of hydrogen-bond donors (Lipinski definition) is 1. The lowest BCUT2D eigenvalue weighted by atomic mass is 10.1. The van der Waals surface area contributed by atoms with Gasteiger partial charge in [0.05, 0.1) is 7.11 Å². The summed E-state index contributed by atoms with van der Waals surface area (Å²) in [5.41, 5.74) is 0.957. The van der Waals surface area contributed by atoms with Gasteiger partial charge >= 0.3 is 0 Å². The van der Waals surface area contributed by atoms with E-state index in [1.54, 1.807) is 43.2 Å². The summed E-state index contributed by atoms with van der Waals surface area (Å²) in [5.74, 6) is 0.876. The van der Waals surface area contributed by atoms with Crippen LogP contribution in [0.2, 0.25) is 0 Å². The number of nitrogens with one attached hydrogen (secondary N) is 1. The highest BCUT2D eigenvalue weighted by Crippen LogP contribution is 2.17. The molecule has 2 rings (SSSR count). The molecule has 0 fully saturated rings. The Kier molecular flexibility index (Phi) is 9.02. The van der Waals surface area contributed by atoms with Gasteiger partial charge in [0.2, 0.25) is 5.91 Å². The fourth-order valence-corrected chi connectivity index (χ4v) is 2.80. The Balaban J connectivity index is 2.05. The first-order chi connectivity index (χ1) is 14.0. The van der Waals surface area contributed by atoms with Crippen molar-refractivity contribution < 1.29 is 19.1 Å². The molecule has 0 bridgehead atoms. The van der Waals surface area contributed by atoms with Gasteiger partial charge in [-0.25, -0.2) is 0 Å².